The number of anilines is 1. The lowest BCUT2D eigenvalue weighted by molar-refractivity contribution is 1.63. The van der Waals surface area contributed by atoms with Gasteiger partial charge in [-0.3, -0.25) is 0 Å². The molecule has 0 radical (unpaired) electrons. The number of fused-ring (bicyclic) bond motifs is 1. The standard InChI is InChI=1S/C16H12ClN/c17-13-6-3-5-12(10-13)15-9-8-11-4-1-2-7-14(11)16(15)18/h1-10H,18H2. The maximum atomic E-state index is 6.26. The molecule has 0 saturated carbocycles. The predicted octanol–water partition coefficient (Wildman–Crippen LogP) is 4.74. The monoisotopic (exact) mass is 253 g/mol. The Labute approximate surface area is 111 Å². The Hall–Kier alpha value is -1.99. The molecule has 0 saturated heterocycles. The molecule has 0 spiro atoms. The molecule has 0 atom stereocenters. The van der Waals surface area contributed by atoms with E-state index in [2.05, 4.69) is 12.1 Å². The quantitative estimate of drug-likeness (QED) is 0.623. The fourth-order valence-electron chi connectivity index (χ4n) is 2.20. The van der Waals surface area contributed by atoms with Gasteiger partial charge in [0.2, 0.25) is 0 Å². The second kappa shape index (κ2) is 4.35. The van der Waals surface area contributed by atoms with Gasteiger partial charge in [-0.15, -0.1) is 0 Å². The zero-order valence-corrected chi connectivity index (χ0v) is 10.5. The smallest absolute Gasteiger partial charge is 0.0473 e. The number of halogens is 1. The van der Waals surface area contributed by atoms with E-state index in [4.69, 9.17) is 17.3 Å². The van der Waals surface area contributed by atoms with Crippen molar-refractivity contribution in [2.45, 2.75) is 0 Å². The van der Waals surface area contributed by atoms with Crippen molar-refractivity contribution in [1.29, 1.82) is 0 Å². The normalized spacial score (nSPS) is 10.7. The van der Waals surface area contributed by atoms with Crippen LogP contribution in [-0.2, 0) is 0 Å². The molecule has 0 heterocycles. The van der Waals surface area contributed by atoms with Crippen LogP contribution in [0, 0.1) is 0 Å². The van der Waals surface area contributed by atoms with Crippen LogP contribution in [0.5, 0.6) is 0 Å². The fraction of sp³-hybridized carbons (Fsp3) is 0. The minimum atomic E-state index is 0.722. The lowest BCUT2D eigenvalue weighted by atomic mass is 9.99. The van der Waals surface area contributed by atoms with Crippen LogP contribution in [0.2, 0.25) is 5.02 Å². The largest absolute Gasteiger partial charge is 0.398 e. The average Bonchev–Trinajstić information content (AvgIpc) is 2.39. The fourth-order valence-corrected chi connectivity index (χ4v) is 2.39. The van der Waals surface area contributed by atoms with Crippen molar-refractivity contribution in [1.82, 2.24) is 0 Å². The zero-order valence-electron chi connectivity index (χ0n) is 9.73. The molecule has 3 aromatic rings. The summed E-state index contributed by atoms with van der Waals surface area (Å²) >= 11 is 6.02. The van der Waals surface area contributed by atoms with Crippen LogP contribution in [-0.4, -0.2) is 0 Å². The Kier molecular flexibility index (Phi) is 2.69. The van der Waals surface area contributed by atoms with Gasteiger partial charge in [-0.25, -0.2) is 0 Å². The third-order valence-corrected chi connectivity index (χ3v) is 3.34. The van der Waals surface area contributed by atoms with Crippen molar-refractivity contribution < 1.29 is 0 Å². The molecule has 0 fully saturated rings. The highest BCUT2D eigenvalue weighted by atomic mass is 35.5. The average molecular weight is 254 g/mol. The predicted molar refractivity (Wildman–Crippen MR) is 78.8 cm³/mol. The molecule has 2 heteroatoms. The van der Waals surface area contributed by atoms with Gasteiger partial charge in [-0.1, -0.05) is 60.1 Å². The highest BCUT2D eigenvalue weighted by Gasteiger charge is 2.06. The van der Waals surface area contributed by atoms with Crippen molar-refractivity contribution in [3.8, 4) is 11.1 Å². The van der Waals surface area contributed by atoms with Gasteiger partial charge in [-0.05, 0) is 23.1 Å². The molecule has 3 aromatic carbocycles. The third-order valence-electron chi connectivity index (χ3n) is 3.11. The van der Waals surface area contributed by atoms with E-state index >= 15 is 0 Å². The van der Waals surface area contributed by atoms with E-state index in [0.29, 0.717) is 0 Å². The van der Waals surface area contributed by atoms with Crippen molar-refractivity contribution >= 4 is 28.1 Å². The number of rotatable bonds is 1. The van der Waals surface area contributed by atoms with Gasteiger partial charge in [-0.2, -0.15) is 0 Å². The number of nitrogen functional groups attached to an aromatic ring is 1. The highest BCUT2D eigenvalue weighted by molar-refractivity contribution is 6.30. The molecule has 3 rings (SSSR count). The van der Waals surface area contributed by atoms with Crippen molar-refractivity contribution in [2.24, 2.45) is 0 Å². The van der Waals surface area contributed by atoms with E-state index in [-0.39, 0.29) is 0 Å². The highest BCUT2D eigenvalue weighted by Crippen LogP contribution is 2.33. The van der Waals surface area contributed by atoms with Gasteiger partial charge in [0.15, 0.2) is 0 Å². The summed E-state index contributed by atoms with van der Waals surface area (Å²) < 4.78 is 0. The SMILES string of the molecule is Nc1c(-c2cccc(Cl)c2)ccc2ccccc12. The van der Waals surface area contributed by atoms with Crippen molar-refractivity contribution in [3.63, 3.8) is 0 Å². The van der Waals surface area contributed by atoms with E-state index in [1.54, 1.807) is 0 Å². The molecule has 88 valence electrons. The van der Waals surface area contributed by atoms with Crippen LogP contribution in [0.4, 0.5) is 5.69 Å². The molecule has 0 bridgehead atoms. The number of hydrogen-bond donors (Lipinski definition) is 1. The minimum absolute atomic E-state index is 0.722. The summed E-state index contributed by atoms with van der Waals surface area (Å²) in [5.41, 5.74) is 9.13. The summed E-state index contributed by atoms with van der Waals surface area (Å²) in [4.78, 5) is 0. The Morgan fingerprint density at radius 2 is 1.67 bits per heavy atom. The molecule has 2 N–H and O–H groups in total. The molecular weight excluding hydrogens is 242 g/mol. The lowest BCUT2D eigenvalue weighted by Crippen LogP contribution is -1.91. The van der Waals surface area contributed by atoms with Crippen LogP contribution < -0.4 is 5.73 Å². The molecule has 0 aromatic heterocycles. The molecule has 0 unspecified atom stereocenters. The molecular formula is C16H12ClN. The van der Waals surface area contributed by atoms with E-state index < -0.39 is 0 Å². The third kappa shape index (κ3) is 1.83. The van der Waals surface area contributed by atoms with Crippen LogP contribution in [0.25, 0.3) is 21.9 Å². The molecule has 1 nitrogen and oxygen atoms in total. The summed E-state index contributed by atoms with van der Waals surface area (Å²) in [5, 5.41) is 2.95. The second-order valence-corrected chi connectivity index (χ2v) is 4.69. The van der Waals surface area contributed by atoms with Gasteiger partial charge in [0.05, 0.1) is 0 Å². The summed E-state index contributed by atoms with van der Waals surface area (Å²) in [6.45, 7) is 0. The lowest BCUT2D eigenvalue weighted by Gasteiger charge is -2.09. The van der Waals surface area contributed by atoms with Gasteiger partial charge in [0, 0.05) is 21.7 Å². The maximum absolute atomic E-state index is 6.26. The zero-order chi connectivity index (χ0) is 12.5. The Morgan fingerprint density at radius 3 is 2.50 bits per heavy atom. The van der Waals surface area contributed by atoms with Crippen LogP contribution >= 0.6 is 11.6 Å². The molecule has 0 aliphatic rings. The Balaban J connectivity index is 2.27. The van der Waals surface area contributed by atoms with Gasteiger partial charge in [0.25, 0.3) is 0 Å². The van der Waals surface area contributed by atoms with Crippen molar-refractivity contribution in [2.75, 3.05) is 5.73 Å². The number of nitrogens with two attached hydrogens (primary N) is 1. The second-order valence-electron chi connectivity index (χ2n) is 4.26. The van der Waals surface area contributed by atoms with E-state index in [0.717, 1.165) is 32.6 Å². The van der Waals surface area contributed by atoms with E-state index in [1.807, 2.05) is 48.5 Å². The first-order valence-corrected chi connectivity index (χ1v) is 6.17. The van der Waals surface area contributed by atoms with Gasteiger partial charge >= 0.3 is 0 Å². The topological polar surface area (TPSA) is 26.0 Å². The Morgan fingerprint density at radius 1 is 0.833 bits per heavy atom. The summed E-state index contributed by atoms with van der Waals surface area (Å²) in [5.74, 6) is 0. The first kappa shape index (κ1) is 11.1. The summed E-state index contributed by atoms with van der Waals surface area (Å²) in [6, 6.07) is 20.0. The molecule has 0 aliphatic heterocycles. The minimum Gasteiger partial charge on any atom is -0.398 e. The van der Waals surface area contributed by atoms with Crippen LogP contribution in [0.3, 0.4) is 0 Å². The molecule has 0 aliphatic carbocycles. The molecule has 0 amide bonds. The first-order valence-electron chi connectivity index (χ1n) is 5.79. The van der Waals surface area contributed by atoms with Crippen LogP contribution in [0.15, 0.2) is 60.7 Å². The van der Waals surface area contributed by atoms with Crippen LogP contribution in [0.1, 0.15) is 0 Å². The summed E-state index contributed by atoms with van der Waals surface area (Å²) in [7, 11) is 0. The number of hydrogen-bond acceptors (Lipinski definition) is 1. The van der Waals surface area contributed by atoms with E-state index in [1.165, 1.54) is 0 Å². The number of benzene rings is 3. The van der Waals surface area contributed by atoms with Gasteiger partial charge < -0.3 is 5.73 Å². The Bertz CT molecular complexity index is 719. The van der Waals surface area contributed by atoms with Gasteiger partial charge in [0.1, 0.15) is 0 Å². The van der Waals surface area contributed by atoms with Crippen molar-refractivity contribution in [3.05, 3.63) is 65.7 Å². The maximum Gasteiger partial charge on any atom is 0.0473 e. The van der Waals surface area contributed by atoms with E-state index in [9.17, 15) is 0 Å². The summed E-state index contributed by atoms with van der Waals surface area (Å²) in [6.07, 6.45) is 0. The molecule has 18 heavy (non-hydrogen) atoms. The first-order chi connectivity index (χ1) is 8.75.